The number of nitrogens with one attached hydrogen (secondary N) is 1. The van der Waals surface area contributed by atoms with E-state index in [0.717, 1.165) is 0 Å². The van der Waals surface area contributed by atoms with Crippen molar-refractivity contribution in [1.29, 1.82) is 5.26 Å². The number of fused-ring (bicyclic) bond motifs is 1. The molecule has 0 saturated heterocycles. The Bertz CT molecular complexity index is 1380. The van der Waals surface area contributed by atoms with E-state index in [9.17, 15) is 14.9 Å². The molecule has 172 valence electrons. The van der Waals surface area contributed by atoms with Crippen molar-refractivity contribution in [2.24, 2.45) is 5.73 Å². The molecule has 0 bridgehead atoms. The molecule has 1 aliphatic heterocycles. The molecular weight excluding hydrogens is 438 g/mol. The highest BCUT2D eigenvalue weighted by Gasteiger charge is 2.43. The number of carbonyl (C=O) groups excluding carboxylic acids is 2. The van der Waals surface area contributed by atoms with E-state index < -0.39 is 17.9 Å². The van der Waals surface area contributed by atoms with Gasteiger partial charge in [0.2, 0.25) is 5.88 Å². The summed E-state index contributed by atoms with van der Waals surface area (Å²) < 4.78 is 15.3. The molecule has 1 unspecified atom stereocenters. The topological polar surface area (TPSA) is 144 Å². The van der Waals surface area contributed by atoms with Gasteiger partial charge in [-0.3, -0.25) is 10.00 Å². The first-order valence-corrected chi connectivity index (χ1v) is 10.1. The lowest BCUT2D eigenvalue weighted by molar-refractivity contribution is -0.139. The largest absolute Gasteiger partial charge is 0.480 e. The third kappa shape index (κ3) is 3.49. The van der Waals surface area contributed by atoms with Crippen molar-refractivity contribution in [2.45, 2.75) is 5.92 Å². The van der Waals surface area contributed by atoms with Crippen molar-refractivity contribution in [3.8, 4) is 11.9 Å². The van der Waals surface area contributed by atoms with Crippen molar-refractivity contribution >= 4 is 28.5 Å². The number of rotatable bonds is 5. The Morgan fingerprint density at radius 2 is 1.79 bits per heavy atom. The zero-order valence-corrected chi connectivity index (χ0v) is 18.7. The average Bonchev–Trinajstić information content (AvgIpc) is 3.29. The lowest BCUT2D eigenvalue weighted by Gasteiger charge is -2.35. The molecule has 0 saturated carbocycles. The second kappa shape index (κ2) is 8.99. The van der Waals surface area contributed by atoms with Gasteiger partial charge >= 0.3 is 11.9 Å². The van der Waals surface area contributed by atoms with E-state index in [0.29, 0.717) is 28.0 Å². The quantitative estimate of drug-likeness (QED) is 0.550. The molecule has 0 spiro atoms. The molecule has 3 N–H and O–H groups in total. The first kappa shape index (κ1) is 22.4. The maximum Gasteiger partial charge on any atom is 0.355 e. The van der Waals surface area contributed by atoms with Crippen LogP contribution in [0.2, 0.25) is 0 Å². The first-order valence-electron chi connectivity index (χ1n) is 10.1. The van der Waals surface area contributed by atoms with Crippen molar-refractivity contribution in [3.05, 3.63) is 76.8 Å². The second-order valence-corrected chi connectivity index (χ2v) is 7.30. The van der Waals surface area contributed by atoms with Crippen LogP contribution in [-0.4, -0.2) is 43.5 Å². The van der Waals surface area contributed by atoms with Crippen LogP contribution in [0.3, 0.4) is 0 Å². The number of H-pyrrole nitrogens is 1. The van der Waals surface area contributed by atoms with Crippen molar-refractivity contribution < 1.29 is 23.8 Å². The third-order valence-electron chi connectivity index (χ3n) is 5.57. The fraction of sp³-hybridized carbons (Fsp3) is 0.167. The Hall–Kier alpha value is -4.78. The van der Waals surface area contributed by atoms with E-state index in [1.54, 1.807) is 48.5 Å². The number of nitrogens with zero attached hydrogens (tertiary/aromatic N) is 3. The van der Waals surface area contributed by atoms with Crippen LogP contribution in [0, 0.1) is 11.3 Å². The van der Waals surface area contributed by atoms with Gasteiger partial charge in [-0.1, -0.05) is 30.3 Å². The molecule has 0 amide bonds. The number of nitriles is 1. The number of nitrogens with two attached hydrogens (primary N) is 1. The smallest absolute Gasteiger partial charge is 0.355 e. The molecule has 3 aromatic rings. The Kier molecular flexibility index (Phi) is 5.93. The number of allylic oxidation sites excluding steroid dienone is 1. The van der Waals surface area contributed by atoms with Gasteiger partial charge < -0.3 is 19.9 Å². The molecule has 4 rings (SSSR count). The number of aromatic nitrogens is 2. The van der Waals surface area contributed by atoms with E-state index in [1.807, 2.05) is 0 Å². The second-order valence-electron chi connectivity index (χ2n) is 7.30. The number of hydrogen-bond acceptors (Lipinski definition) is 9. The van der Waals surface area contributed by atoms with Crippen LogP contribution in [0.1, 0.15) is 11.5 Å². The molecule has 1 aliphatic rings. The summed E-state index contributed by atoms with van der Waals surface area (Å²) in [6.07, 6.45) is 0. The number of carbonyl (C=O) groups is 2. The lowest BCUT2D eigenvalue weighted by atomic mass is 9.81. The number of hydrogen-bond donors (Lipinski definition) is 2. The maximum absolute atomic E-state index is 13.1. The highest BCUT2D eigenvalue weighted by molar-refractivity contribution is 6.06. The highest BCUT2D eigenvalue weighted by Crippen LogP contribution is 2.43. The molecule has 10 heteroatoms. The minimum atomic E-state index is -0.931. The minimum Gasteiger partial charge on any atom is -0.480 e. The van der Waals surface area contributed by atoms with Crippen molar-refractivity contribution in [1.82, 2.24) is 10.2 Å². The monoisotopic (exact) mass is 459 g/mol. The molecular formula is C24H21N5O5. The molecule has 1 atom stereocenters. The summed E-state index contributed by atoms with van der Waals surface area (Å²) in [7, 11) is 3.90. The van der Waals surface area contributed by atoms with Crippen LogP contribution in [0.15, 0.2) is 71.2 Å². The summed E-state index contributed by atoms with van der Waals surface area (Å²) in [5.74, 6) is -2.16. The molecule has 10 nitrogen and oxygen atoms in total. The van der Waals surface area contributed by atoms with E-state index >= 15 is 0 Å². The van der Waals surface area contributed by atoms with Gasteiger partial charge in [0.15, 0.2) is 0 Å². The van der Waals surface area contributed by atoms with Crippen LogP contribution < -0.4 is 15.4 Å². The van der Waals surface area contributed by atoms with Crippen LogP contribution in [0.4, 0.5) is 5.69 Å². The molecule has 0 radical (unpaired) electrons. The van der Waals surface area contributed by atoms with E-state index in [2.05, 4.69) is 16.3 Å². The fourth-order valence-electron chi connectivity index (χ4n) is 4.06. The minimum absolute atomic E-state index is 0.0183. The van der Waals surface area contributed by atoms with Crippen molar-refractivity contribution in [3.63, 3.8) is 0 Å². The van der Waals surface area contributed by atoms with Gasteiger partial charge in [-0.2, -0.15) is 5.26 Å². The highest BCUT2D eigenvalue weighted by atomic mass is 16.5. The van der Waals surface area contributed by atoms with Crippen LogP contribution >= 0.6 is 0 Å². The molecule has 2 heterocycles. The number of aromatic amines is 1. The third-order valence-corrected chi connectivity index (χ3v) is 5.57. The van der Waals surface area contributed by atoms with Crippen LogP contribution in [-0.2, 0) is 19.1 Å². The van der Waals surface area contributed by atoms with Gasteiger partial charge in [0.25, 0.3) is 0 Å². The van der Waals surface area contributed by atoms with Crippen LogP contribution in [0.25, 0.3) is 10.9 Å². The molecule has 1 aromatic heterocycles. The molecule has 34 heavy (non-hydrogen) atoms. The van der Waals surface area contributed by atoms with Crippen molar-refractivity contribution in [2.75, 3.05) is 26.2 Å². The normalized spacial score (nSPS) is 15.8. The van der Waals surface area contributed by atoms with Gasteiger partial charge in [-0.25, -0.2) is 9.59 Å². The molecule has 0 fully saturated rings. The van der Waals surface area contributed by atoms with Gasteiger partial charge in [-0.05, 0) is 23.8 Å². The van der Waals surface area contributed by atoms with Gasteiger partial charge in [0.05, 0.1) is 55.4 Å². The summed E-state index contributed by atoms with van der Waals surface area (Å²) in [6, 6.07) is 16.0. The summed E-state index contributed by atoms with van der Waals surface area (Å²) >= 11 is 0. The SMILES string of the molecule is COC(=O)C1=C(C(=O)OC)N(c2ccc3c(OC)n[nH]c3c2)C(N)=C(C#N)C1c1ccccc1. The standard InChI is InChI=1S/C24H21N5O5/c1-32-22-15-10-9-14(11-17(15)27-28-22)29-20(24(31)34-3)19(23(30)33-2)18(16(12-25)21(29)26)13-7-5-4-6-8-13/h4-11,18H,26H2,1-3H3,(H,27,28). The number of anilines is 1. The number of ether oxygens (including phenoxy) is 3. The number of esters is 2. The summed E-state index contributed by atoms with van der Waals surface area (Å²) in [5, 5.41) is 17.7. The Morgan fingerprint density at radius 3 is 2.41 bits per heavy atom. The predicted octanol–water partition coefficient (Wildman–Crippen LogP) is 2.47. The number of methoxy groups -OCH3 is 3. The summed E-state index contributed by atoms with van der Waals surface area (Å²) in [4.78, 5) is 27.5. The Morgan fingerprint density at radius 1 is 1.09 bits per heavy atom. The summed E-state index contributed by atoms with van der Waals surface area (Å²) in [6.45, 7) is 0. The lowest BCUT2D eigenvalue weighted by Crippen LogP contribution is -2.40. The van der Waals surface area contributed by atoms with Gasteiger partial charge in [0, 0.05) is 5.69 Å². The first-order chi connectivity index (χ1) is 16.5. The van der Waals surface area contributed by atoms with Crippen LogP contribution in [0.5, 0.6) is 5.88 Å². The molecule has 2 aromatic carbocycles. The summed E-state index contributed by atoms with van der Waals surface area (Å²) in [5.41, 5.74) is 7.96. The Balaban J connectivity index is 2.04. The number of benzene rings is 2. The fourth-order valence-corrected chi connectivity index (χ4v) is 4.06. The zero-order chi connectivity index (χ0) is 24.4. The Labute approximate surface area is 194 Å². The zero-order valence-electron chi connectivity index (χ0n) is 18.7. The predicted molar refractivity (Wildman–Crippen MR) is 122 cm³/mol. The molecule has 0 aliphatic carbocycles. The average molecular weight is 459 g/mol. The van der Waals surface area contributed by atoms with Gasteiger partial charge in [0.1, 0.15) is 11.5 Å². The maximum atomic E-state index is 13.1. The van der Waals surface area contributed by atoms with E-state index in [4.69, 9.17) is 19.9 Å². The van der Waals surface area contributed by atoms with E-state index in [1.165, 1.54) is 26.2 Å². The van der Waals surface area contributed by atoms with Gasteiger partial charge in [-0.15, -0.1) is 5.10 Å². The van der Waals surface area contributed by atoms with E-state index in [-0.39, 0.29) is 22.7 Å².